The number of nitrogens with one attached hydrogen (secondary N) is 1. The summed E-state index contributed by atoms with van der Waals surface area (Å²) in [7, 11) is 1.62. The van der Waals surface area contributed by atoms with Gasteiger partial charge in [-0.05, 0) is 43.8 Å². The zero-order chi connectivity index (χ0) is 17.4. The molecule has 0 bridgehead atoms. The van der Waals surface area contributed by atoms with E-state index in [4.69, 9.17) is 14.2 Å². The third kappa shape index (κ3) is 3.02. The number of ether oxygens (including phenoxy) is 3. The van der Waals surface area contributed by atoms with Gasteiger partial charge in [0.05, 0.1) is 7.11 Å². The molecule has 1 aromatic rings. The Morgan fingerprint density at radius 1 is 1.36 bits per heavy atom. The van der Waals surface area contributed by atoms with Crippen molar-refractivity contribution in [3.63, 3.8) is 0 Å². The maximum absolute atomic E-state index is 11.8. The molecule has 2 N–H and O–H groups in total. The Labute approximate surface area is 146 Å². The van der Waals surface area contributed by atoms with E-state index < -0.39 is 12.0 Å². The first-order chi connectivity index (χ1) is 12.1. The summed E-state index contributed by atoms with van der Waals surface area (Å²) < 4.78 is 16.4. The van der Waals surface area contributed by atoms with E-state index in [0.717, 1.165) is 44.5 Å². The summed E-state index contributed by atoms with van der Waals surface area (Å²) in [5.74, 6) is 1.33. The highest BCUT2D eigenvalue weighted by Crippen LogP contribution is 2.44. The maximum atomic E-state index is 11.8. The summed E-state index contributed by atoms with van der Waals surface area (Å²) in [5, 5.41) is 13.1. The van der Waals surface area contributed by atoms with Crippen LogP contribution >= 0.6 is 0 Å². The number of piperidine rings is 1. The minimum atomic E-state index is -0.741. The summed E-state index contributed by atoms with van der Waals surface area (Å²) in [5.41, 5.74) is 1.04. The second kappa shape index (κ2) is 6.38. The highest BCUT2D eigenvalue weighted by molar-refractivity contribution is 5.74. The molecule has 0 aromatic heterocycles. The van der Waals surface area contributed by atoms with E-state index in [-0.39, 0.29) is 12.2 Å². The molecule has 0 amide bonds. The number of carboxylic acid groups (broad SMARTS) is 1. The Morgan fingerprint density at radius 2 is 2.08 bits per heavy atom. The van der Waals surface area contributed by atoms with Crippen molar-refractivity contribution in [2.24, 2.45) is 5.41 Å². The van der Waals surface area contributed by atoms with Crippen molar-refractivity contribution < 1.29 is 24.1 Å². The van der Waals surface area contributed by atoms with Crippen LogP contribution in [0, 0.1) is 5.41 Å². The van der Waals surface area contributed by atoms with Gasteiger partial charge in [-0.1, -0.05) is 0 Å². The molecule has 3 aliphatic rings. The lowest BCUT2D eigenvalue weighted by Gasteiger charge is -2.33. The zero-order valence-corrected chi connectivity index (χ0v) is 14.4. The fraction of sp³-hybridized carbons (Fsp3) is 0.611. The van der Waals surface area contributed by atoms with Crippen molar-refractivity contribution in [1.82, 2.24) is 10.2 Å². The Hall–Kier alpha value is -1.99. The number of methoxy groups -OCH3 is 1. The molecule has 0 saturated carbocycles. The molecule has 7 nitrogen and oxygen atoms in total. The third-order valence-electron chi connectivity index (χ3n) is 5.70. The van der Waals surface area contributed by atoms with E-state index in [2.05, 4.69) is 10.2 Å². The second-order valence-electron chi connectivity index (χ2n) is 7.23. The van der Waals surface area contributed by atoms with Crippen LogP contribution in [0.4, 0.5) is 0 Å². The molecule has 3 aliphatic heterocycles. The number of likely N-dealkylation sites (tertiary alicyclic amines) is 1. The third-order valence-corrected chi connectivity index (χ3v) is 5.70. The molecule has 3 heterocycles. The molecule has 1 spiro atoms. The van der Waals surface area contributed by atoms with Gasteiger partial charge < -0.3 is 24.6 Å². The van der Waals surface area contributed by atoms with E-state index in [1.807, 2.05) is 12.1 Å². The number of carboxylic acids is 1. The zero-order valence-electron chi connectivity index (χ0n) is 14.4. The van der Waals surface area contributed by atoms with Crippen LogP contribution in [0.2, 0.25) is 0 Å². The van der Waals surface area contributed by atoms with Gasteiger partial charge in [0.25, 0.3) is 0 Å². The lowest BCUT2D eigenvalue weighted by atomic mass is 9.77. The van der Waals surface area contributed by atoms with Crippen LogP contribution in [0.5, 0.6) is 17.2 Å². The Balaban J connectivity index is 1.59. The van der Waals surface area contributed by atoms with Crippen LogP contribution in [-0.2, 0) is 11.3 Å². The number of aliphatic carboxylic acids is 1. The monoisotopic (exact) mass is 348 g/mol. The van der Waals surface area contributed by atoms with Crippen molar-refractivity contribution >= 4 is 5.97 Å². The minimum Gasteiger partial charge on any atom is -0.496 e. The van der Waals surface area contributed by atoms with Gasteiger partial charge in [0.15, 0.2) is 11.5 Å². The Morgan fingerprint density at radius 3 is 2.76 bits per heavy atom. The van der Waals surface area contributed by atoms with Crippen molar-refractivity contribution in [1.29, 1.82) is 0 Å². The van der Waals surface area contributed by atoms with Gasteiger partial charge in [0.1, 0.15) is 11.8 Å². The molecule has 136 valence electrons. The summed E-state index contributed by atoms with van der Waals surface area (Å²) in [6.45, 7) is 3.48. The predicted octanol–water partition coefficient (Wildman–Crippen LogP) is 1.45. The standard InChI is InChI=1S/C18H24N2O5/c1-23-14-7-16-15(24-11-25-16)6-12(14)9-20-10-18(2-4-19-5-3-18)8-13(20)17(21)22/h6-7,13,19H,2-5,8-11H2,1H3,(H,21,22)/t13-/m1/s1. The van der Waals surface area contributed by atoms with Gasteiger partial charge in [-0.15, -0.1) is 0 Å². The SMILES string of the molecule is COc1cc2c(cc1CN1CC3(CCNCC3)C[C@@H]1C(=O)O)OCO2. The molecule has 1 aromatic carbocycles. The van der Waals surface area contributed by atoms with Gasteiger partial charge in [-0.25, -0.2) is 0 Å². The smallest absolute Gasteiger partial charge is 0.320 e. The number of carbonyl (C=O) groups is 1. The predicted molar refractivity (Wildman–Crippen MR) is 90.1 cm³/mol. The average molecular weight is 348 g/mol. The number of hydrogen-bond acceptors (Lipinski definition) is 6. The number of hydrogen-bond donors (Lipinski definition) is 2. The van der Waals surface area contributed by atoms with Crippen LogP contribution in [0.15, 0.2) is 12.1 Å². The van der Waals surface area contributed by atoms with Gasteiger partial charge in [-0.3, -0.25) is 9.69 Å². The number of rotatable bonds is 4. The molecule has 1 atom stereocenters. The van der Waals surface area contributed by atoms with Crippen LogP contribution in [0.3, 0.4) is 0 Å². The molecule has 7 heteroatoms. The van der Waals surface area contributed by atoms with Crippen molar-refractivity contribution in [2.45, 2.75) is 31.8 Å². The Bertz CT molecular complexity index is 672. The molecule has 4 rings (SSSR count). The van der Waals surface area contributed by atoms with Crippen LogP contribution in [0.25, 0.3) is 0 Å². The topological polar surface area (TPSA) is 80.3 Å². The van der Waals surface area contributed by atoms with E-state index in [9.17, 15) is 9.90 Å². The summed E-state index contributed by atoms with van der Waals surface area (Å²) in [6, 6.07) is 3.28. The first-order valence-corrected chi connectivity index (χ1v) is 8.74. The van der Waals surface area contributed by atoms with E-state index in [1.54, 1.807) is 7.11 Å². The summed E-state index contributed by atoms with van der Waals surface area (Å²) in [4.78, 5) is 13.9. The average Bonchev–Trinajstić information content (AvgIpc) is 3.19. The van der Waals surface area contributed by atoms with Crippen LogP contribution in [-0.4, -0.2) is 55.6 Å². The lowest BCUT2D eigenvalue weighted by Crippen LogP contribution is -2.38. The van der Waals surface area contributed by atoms with Gasteiger partial charge >= 0.3 is 5.97 Å². The summed E-state index contributed by atoms with van der Waals surface area (Å²) >= 11 is 0. The highest BCUT2D eigenvalue weighted by Gasteiger charge is 2.47. The number of benzene rings is 1. The van der Waals surface area contributed by atoms with Crippen molar-refractivity contribution in [3.8, 4) is 17.2 Å². The van der Waals surface area contributed by atoms with Gasteiger partial charge in [0.2, 0.25) is 6.79 Å². The first kappa shape index (κ1) is 16.5. The molecule has 0 radical (unpaired) electrons. The minimum absolute atomic E-state index is 0.109. The number of fused-ring (bicyclic) bond motifs is 1. The quantitative estimate of drug-likeness (QED) is 0.852. The fourth-order valence-corrected chi connectivity index (χ4v) is 4.37. The maximum Gasteiger partial charge on any atom is 0.320 e. The van der Waals surface area contributed by atoms with Gasteiger partial charge in [-0.2, -0.15) is 0 Å². The van der Waals surface area contributed by atoms with E-state index in [1.165, 1.54) is 0 Å². The molecule has 2 fully saturated rings. The molecule has 2 saturated heterocycles. The lowest BCUT2D eigenvalue weighted by molar-refractivity contribution is -0.142. The fourth-order valence-electron chi connectivity index (χ4n) is 4.37. The molecule has 25 heavy (non-hydrogen) atoms. The van der Waals surface area contributed by atoms with Crippen molar-refractivity contribution in [3.05, 3.63) is 17.7 Å². The van der Waals surface area contributed by atoms with Crippen LogP contribution in [0.1, 0.15) is 24.8 Å². The van der Waals surface area contributed by atoms with Crippen LogP contribution < -0.4 is 19.5 Å². The first-order valence-electron chi connectivity index (χ1n) is 8.74. The molecule has 0 unspecified atom stereocenters. The van der Waals surface area contributed by atoms with E-state index >= 15 is 0 Å². The number of nitrogens with zero attached hydrogens (tertiary/aromatic N) is 1. The second-order valence-corrected chi connectivity index (χ2v) is 7.23. The molecule has 0 aliphatic carbocycles. The molecular formula is C18H24N2O5. The van der Waals surface area contributed by atoms with Crippen molar-refractivity contribution in [2.75, 3.05) is 33.5 Å². The van der Waals surface area contributed by atoms with Gasteiger partial charge in [0, 0.05) is 24.7 Å². The largest absolute Gasteiger partial charge is 0.496 e. The normalized spacial score (nSPS) is 24.6. The van der Waals surface area contributed by atoms with E-state index in [0.29, 0.717) is 23.8 Å². The molecular weight excluding hydrogens is 324 g/mol. The summed E-state index contributed by atoms with van der Waals surface area (Å²) in [6.07, 6.45) is 2.79. The Kier molecular flexibility index (Phi) is 4.21. The highest BCUT2D eigenvalue weighted by atomic mass is 16.7.